The van der Waals surface area contributed by atoms with Crippen LogP contribution in [0.3, 0.4) is 0 Å². The van der Waals surface area contributed by atoms with Crippen molar-refractivity contribution in [3.63, 3.8) is 0 Å². The van der Waals surface area contributed by atoms with E-state index in [9.17, 15) is 14.4 Å². The lowest BCUT2D eigenvalue weighted by Crippen LogP contribution is -2.40. The average Bonchev–Trinajstić information content (AvgIpc) is 2.39. The second-order valence-corrected chi connectivity index (χ2v) is 5.04. The highest BCUT2D eigenvalue weighted by molar-refractivity contribution is 5.88. The molecule has 0 spiro atoms. The van der Waals surface area contributed by atoms with Gasteiger partial charge in [0.1, 0.15) is 0 Å². The number of carbonyl (C=O) groups excluding carboxylic acids is 2. The molecule has 114 valence electrons. The smallest absolute Gasteiger partial charge is 0.308 e. The Morgan fingerprint density at radius 1 is 1.14 bits per heavy atom. The van der Waals surface area contributed by atoms with Crippen molar-refractivity contribution >= 4 is 23.5 Å². The van der Waals surface area contributed by atoms with E-state index in [0.29, 0.717) is 5.69 Å². The van der Waals surface area contributed by atoms with Crippen LogP contribution >= 0.6 is 0 Å². The van der Waals surface area contributed by atoms with E-state index in [0.717, 1.165) is 5.56 Å². The summed E-state index contributed by atoms with van der Waals surface area (Å²) in [4.78, 5) is 33.6. The summed E-state index contributed by atoms with van der Waals surface area (Å²) >= 11 is 0. The van der Waals surface area contributed by atoms with Crippen LogP contribution < -0.4 is 10.6 Å². The summed E-state index contributed by atoms with van der Waals surface area (Å²) in [7, 11) is 0. The van der Waals surface area contributed by atoms with Gasteiger partial charge in [-0.2, -0.15) is 0 Å². The van der Waals surface area contributed by atoms with Crippen LogP contribution in [0.25, 0.3) is 0 Å². The van der Waals surface area contributed by atoms with Crippen molar-refractivity contribution in [2.24, 2.45) is 5.92 Å². The zero-order valence-electron chi connectivity index (χ0n) is 12.3. The van der Waals surface area contributed by atoms with Gasteiger partial charge in [-0.15, -0.1) is 0 Å². The lowest BCUT2D eigenvalue weighted by molar-refractivity contribution is -0.142. The molecule has 2 unspecified atom stereocenters. The van der Waals surface area contributed by atoms with Crippen molar-refractivity contribution in [2.75, 3.05) is 5.32 Å². The number of aliphatic carboxylic acids is 1. The first-order chi connectivity index (χ1) is 9.79. The molecule has 1 aromatic carbocycles. The summed E-state index contributed by atoms with van der Waals surface area (Å²) in [6, 6.07) is 6.49. The Labute approximate surface area is 123 Å². The molecular formula is C15H20N2O4. The molecule has 21 heavy (non-hydrogen) atoms. The first-order valence-corrected chi connectivity index (χ1v) is 6.68. The number of benzene rings is 1. The van der Waals surface area contributed by atoms with Crippen LogP contribution in [-0.2, 0) is 20.8 Å². The summed E-state index contributed by atoms with van der Waals surface area (Å²) < 4.78 is 0. The van der Waals surface area contributed by atoms with E-state index in [2.05, 4.69) is 10.6 Å². The minimum Gasteiger partial charge on any atom is -0.481 e. The van der Waals surface area contributed by atoms with Crippen molar-refractivity contribution in [2.45, 2.75) is 33.2 Å². The predicted octanol–water partition coefficient (Wildman–Crippen LogP) is 1.41. The largest absolute Gasteiger partial charge is 0.481 e. The van der Waals surface area contributed by atoms with Crippen LogP contribution in [0.1, 0.15) is 26.3 Å². The third-order valence-electron chi connectivity index (χ3n) is 3.17. The fraction of sp³-hybridized carbons (Fsp3) is 0.400. The Bertz CT molecular complexity index is 525. The molecule has 0 aliphatic carbocycles. The van der Waals surface area contributed by atoms with Crippen LogP contribution in [-0.4, -0.2) is 28.9 Å². The number of rotatable bonds is 6. The van der Waals surface area contributed by atoms with Crippen molar-refractivity contribution in [3.8, 4) is 0 Å². The number of amides is 2. The van der Waals surface area contributed by atoms with Gasteiger partial charge < -0.3 is 15.7 Å². The Balaban J connectivity index is 2.55. The molecule has 6 nitrogen and oxygen atoms in total. The molecule has 0 saturated heterocycles. The molecule has 6 heteroatoms. The molecule has 2 amide bonds. The highest BCUT2D eigenvalue weighted by Gasteiger charge is 2.20. The maximum absolute atomic E-state index is 11.8. The predicted molar refractivity (Wildman–Crippen MR) is 78.9 cm³/mol. The summed E-state index contributed by atoms with van der Waals surface area (Å²) in [5.74, 6) is -1.97. The molecule has 1 aromatic rings. The first-order valence-electron chi connectivity index (χ1n) is 6.68. The van der Waals surface area contributed by atoms with E-state index in [1.165, 1.54) is 6.92 Å². The zero-order chi connectivity index (χ0) is 16.0. The second-order valence-electron chi connectivity index (χ2n) is 5.04. The van der Waals surface area contributed by atoms with Gasteiger partial charge in [0.05, 0.1) is 12.3 Å². The number of hydrogen-bond donors (Lipinski definition) is 3. The van der Waals surface area contributed by atoms with E-state index in [4.69, 9.17) is 5.11 Å². The van der Waals surface area contributed by atoms with Crippen molar-refractivity contribution in [1.82, 2.24) is 5.32 Å². The van der Waals surface area contributed by atoms with E-state index in [-0.39, 0.29) is 18.2 Å². The number of nitrogens with one attached hydrogen (secondary N) is 2. The van der Waals surface area contributed by atoms with Gasteiger partial charge in [0.2, 0.25) is 11.8 Å². The Morgan fingerprint density at radius 2 is 1.71 bits per heavy atom. The highest BCUT2D eigenvalue weighted by Crippen LogP contribution is 2.10. The monoisotopic (exact) mass is 292 g/mol. The molecule has 0 heterocycles. The number of anilines is 1. The molecule has 0 aliphatic rings. The lowest BCUT2D eigenvalue weighted by atomic mass is 10.0. The van der Waals surface area contributed by atoms with Gasteiger partial charge in [-0.25, -0.2) is 0 Å². The van der Waals surface area contributed by atoms with Gasteiger partial charge >= 0.3 is 5.97 Å². The van der Waals surface area contributed by atoms with Gasteiger partial charge in [-0.05, 0) is 31.5 Å². The molecule has 0 aliphatic heterocycles. The van der Waals surface area contributed by atoms with Crippen LogP contribution in [0.5, 0.6) is 0 Å². The SMILES string of the molecule is CC(=O)Nc1ccc(CC(=O)NC(C)C(C)C(=O)O)cc1. The van der Waals surface area contributed by atoms with E-state index in [1.807, 2.05) is 0 Å². The summed E-state index contributed by atoms with van der Waals surface area (Å²) in [5.41, 5.74) is 1.45. The average molecular weight is 292 g/mol. The van der Waals surface area contributed by atoms with Crippen LogP contribution in [0.15, 0.2) is 24.3 Å². The van der Waals surface area contributed by atoms with E-state index in [1.54, 1.807) is 38.1 Å². The lowest BCUT2D eigenvalue weighted by Gasteiger charge is -2.17. The van der Waals surface area contributed by atoms with Gasteiger partial charge in [-0.1, -0.05) is 12.1 Å². The number of carboxylic acids is 1. The van der Waals surface area contributed by atoms with Crippen molar-refractivity contribution in [3.05, 3.63) is 29.8 Å². The second kappa shape index (κ2) is 7.42. The van der Waals surface area contributed by atoms with Gasteiger partial charge in [-0.3, -0.25) is 14.4 Å². The number of hydrogen-bond acceptors (Lipinski definition) is 3. The summed E-state index contributed by atoms with van der Waals surface area (Å²) in [5, 5.41) is 14.2. The molecule has 1 rings (SSSR count). The molecule has 0 bridgehead atoms. The van der Waals surface area contributed by atoms with Crippen LogP contribution in [0.4, 0.5) is 5.69 Å². The maximum atomic E-state index is 11.8. The molecule has 0 saturated carbocycles. The normalized spacial score (nSPS) is 13.1. The van der Waals surface area contributed by atoms with Crippen molar-refractivity contribution < 1.29 is 19.5 Å². The summed E-state index contributed by atoms with van der Waals surface area (Å²) in [6.07, 6.45) is 0.164. The Morgan fingerprint density at radius 3 is 2.19 bits per heavy atom. The molecule has 0 radical (unpaired) electrons. The van der Waals surface area contributed by atoms with Gasteiger partial charge in [0, 0.05) is 18.7 Å². The standard InChI is InChI=1S/C15H20N2O4/c1-9(15(20)21)10(2)16-14(19)8-12-4-6-13(7-5-12)17-11(3)18/h4-7,9-10H,8H2,1-3H3,(H,16,19)(H,17,18)(H,20,21). The van der Waals surface area contributed by atoms with Crippen LogP contribution in [0.2, 0.25) is 0 Å². The zero-order valence-corrected chi connectivity index (χ0v) is 12.3. The number of carboxylic acid groups (broad SMARTS) is 1. The van der Waals surface area contributed by atoms with Crippen LogP contribution in [0, 0.1) is 5.92 Å². The quantitative estimate of drug-likeness (QED) is 0.738. The molecule has 3 N–H and O–H groups in total. The Kier molecular flexibility index (Phi) is 5.90. The number of carbonyl (C=O) groups is 3. The minimum absolute atomic E-state index is 0.156. The molecule has 0 aromatic heterocycles. The van der Waals surface area contributed by atoms with E-state index >= 15 is 0 Å². The molecular weight excluding hydrogens is 272 g/mol. The van der Waals surface area contributed by atoms with Crippen molar-refractivity contribution in [1.29, 1.82) is 0 Å². The van der Waals surface area contributed by atoms with E-state index < -0.39 is 17.9 Å². The third kappa shape index (κ3) is 5.64. The fourth-order valence-corrected chi connectivity index (χ4v) is 1.74. The summed E-state index contributed by atoms with van der Waals surface area (Å²) in [6.45, 7) is 4.64. The Hall–Kier alpha value is -2.37. The van der Waals surface area contributed by atoms with Gasteiger partial charge in [0.15, 0.2) is 0 Å². The maximum Gasteiger partial charge on any atom is 0.308 e. The molecule has 2 atom stereocenters. The third-order valence-corrected chi connectivity index (χ3v) is 3.17. The first kappa shape index (κ1) is 16.7. The highest BCUT2D eigenvalue weighted by atomic mass is 16.4. The minimum atomic E-state index is -0.942. The fourth-order valence-electron chi connectivity index (χ4n) is 1.74. The topological polar surface area (TPSA) is 95.5 Å². The van der Waals surface area contributed by atoms with Gasteiger partial charge in [0.25, 0.3) is 0 Å². The molecule has 0 fully saturated rings.